The molecule has 0 aliphatic heterocycles. The summed E-state index contributed by atoms with van der Waals surface area (Å²) < 4.78 is 0. The number of aliphatic hydroxyl groups is 1. The van der Waals surface area contributed by atoms with E-state index in [2.05, 4.69) is 10.3 Å². The van der Waals surface area contributed by atoms with Gasteiger partial charge in [-0.1, -0.05) is 13.8 Å². The van der Waals surface area contributed by atoms with Crippen molar-refractivity contribution >= 4 is 11.5 Å². The maximum atomic E-state index is 9.59. The minimum Gasteiger partial charge on any atom is -0.399 e. The lowest BCUT2D eigenvalue weighted by Crippen LogP contribution is -2.57. The number of nitrogen functional groups attached to an aromatic ring is 1. The van der Waals surface area contributed by atoms with Crippen molar-refractivity contribution in [1.82, 2.24) is 4.98 Å². The van der Waals surface area contributed by atoms with E-state index >= 15 is 0 Å². The summed E-state index contributed by atoms with van der Waals surface area (Å²) in [5.41, 5.74) is 6.27. The fourth-order valence-corrected chi connectivity index (χ4v) is 1.85. The molecule has 82 valence electrons. The summed E-state index contributed by atoms with van der Waals surface area (Å²) >= 11 is 0. The molecule has 2 rings (SSSR count). The van der Waals surface area contributed by atoms with E-state index in [1.807, 2.05) is 13.8 Å². The number of nitrogens with one attached hydrogen (secondary N) is 1. The van der Waals surface area contributed by atoms with Gasteiger partial charge in [-0.25, -0.2) is 4.98 Å². The topological polar surface area (TPSA) is 71.2 Å². The predicted molar refractivity (Wildman–Crippen MR) is 60.5 cm³/mol. The maximum absolute atomic E-state index is 9.59. The molecule has 1 aromatic heterocycles. The Bertz CT molecular complexity index is 365. The average Bonchev–Trinajstić information content (AvgIpc) is 2.17. The van der Waals surface area contributed by atoms with Crippen LogP contribution in [0.1, 0.15) is 20.3 Å². The molecule has 0 spiro atoms. The van der Waals surface area contributed by atoms with Gasteiger partial charge in [-0.05, 0) is 12.5 Å². The van der Waals surface area contributed by atoms with Crippen LogP contribution in [0.4, 0.5) is 11.5 Å². The van der Waals surface area contributed by atoms with Crippen molar-refractivity contribution in [1.29, 1.82) is 0 Å². The fourth-order valence-electron chi connectivity index (χ4n) is 1.85. The number of hydrogen-bond donors (Lipinski definition) is 3. The Kier molecular flexibility index (Phi) is 2.31. The van der Waals surface area contributed by atoms with Crippen molar-refractivity contribution in [2.24, 2.45) is 5.41 Å². The Morgan fingerprint density at radius 2 is 2.33 bits per heavy atom. The number of nitrogens with two attached hydrogens (primary N) is 1. The first-order valence-electron chi connectivity index (χ1n) is 5.16. The van der Waals surface area contributed by atoms with Gasteiger partial charge in [-0.2, -0.15) is 0 Å². The fraction of sp³-hybridized carbons (Fsp3) is 0.545. The van der Waals surface area contributed by atoms with Crippen LogP contribution in [-0.4, -0.2) is 22.2 Å². The summed E-state index contributed by atoms with van der Waals surface area (Å²) in [7, 11) is 0. The van der Waals surface area contributed by atoms with Crippen molar-refractivity contribution in [2.75, 3.05) is 11.1 Å². The van der Waals surface area contributed by atoms with E-state index in [0.29, 0.717) is 5.69 Å². The quantitative estimate of drug-likeness (QED) is 0.682. The van der Waals surface area contributed by atoms with Gasteiger partial charge in [0.1, 0.15) is 5.82 Å². The van der Waals surface area contributed by atoms with Gasteiger partial charge < -0.3 is 16.2 Å². The number of hydrogen-bond acceptors (Lipinski definition) is 4. The minimum absolute atomic E-state index is 0.0910. The minimum atomic E-state index is -0.226. The lowest BCUT2D eigenvalue weighted by atomic mass is 9.64. The number of pyridine rings is 1. The largest absolute Gasteiger partial charge is 0.399 e. The Labute approximate surface area is 89.5 Å². The van der Waals surface area contributed by atoms with Crippen molar-refractivity contribution in [2.45, 2.75) is 32.4 Å². The van der Waals surface area contributed by atoms with Gasteiger partial charge in [0.05, 0.1) is 6.10 Å². The van der Waals surface area contributed by atoms with Gasteiger partial charge in [0.15, 0.2) is 0 Å². The van der Waals surface area contributed by atoms with E-state index in [1.54, 1.807) is 18.3 Å². The first-order valence-corrected chi connectivity index (χ1v) is 5.16. The van der Waals surface area contributed by atoms with Gasteiger partial charge in [0, 0.05) is 29.4 Å². The van der Waals surface area contributed by atoms with E-state index in [-0.39, 0.29) is 17.6 Å². The van der Waals surface area contributed by atoms with E-state index in [1.165, 1.54) is 0 Å². The van der Waals surface area contributed by atoms with Gasteiger partial charge in [-0.3, -0.25) is 0 Å². The Hall–Kier alpha value is -1.29. The average molecular weight is 207 g/mol. The third kappa shape index (κ3) is 1.77. The van der Waals surface area contributed by atoms with Crippen LogP contribution in [0.3, 0.4) is 0 Å². The molecule has 0 radical (unpaired) electrons. The first kappa shape index (κ1) is 10.2. The molecule has 1 aliphatic rings. The van der Waals surface area contributed by atoms with Crippen molar-refractivity contribution in [3.05, 3.63) is 18.3 Å². The molecule has 0 saturated heterocycles. The zero-order valence-electron chi connectivity index (χ0n) is 9.07. The summed E-state index contributed by atoms with van der Waals surface area (Å²) in [6.07, 6.45) is 2.22. The molecule has 4 heteroatoms. The molecule has 1 fully saturated rings. The summed E-state index contributed by atoms with van der Waals surface area (Å²) in [5.74, 6) is 0.778. The van der Waals surface area contributed by atoms with Crippen LogP contribution in [0.5, 0.6) is 0 Å². The second-order valence-corrected chi connectivity index (χ2v) is 4.74. The highest BCUT2D eigenvalue weighted by molar-refractivity contribution is 5.49. The van der Waals surface area contributed by atoms with Gasteiger partial charge in [0.25, 0.3) is 0 Å². The molecule has 1 aromatic rings. The summed E-state index contributed by atoms with van der Waals surface area (Å²) in [6, 6.07) is 3.83. The standard InChI is InChI=1S/C11H17N3O/c1-11(2)8(6-9(11)15)14-10-5-7(12)3-4-13-10/h3-5,8-9,15H,6H2,1-2H3,(H3,12,13,14). The van der Waals surface area contributed by atoms with Crippen LogP contribution < -0.4 is 11.1 Å². The molecule has 2 unspecified atom stereocenters. The third-order valence-electron chi connectivity index (χ3n) is 3.32. The van der Waals surface area contributed by atoms with E-state index in [9.17, 15) is 5.11 Å². The molecule has 4 N–H and O–H groups in total. The van der Waals surface area contributed by atoms with E-state index in [0.717, 1.165) is 12.2 Å². The second kappa shape index (κ2) is 3.38. The normalized spacial score (nSPS) is 28.2. The summed E-state index contributed by atoms with van der Waals surface area (Å²) in [6.45, 7) is 4.09. The Morgan fingerprint density at radius 3 is 2.87 bits per heavy atom. The van der Waals surface area contributed by atoms with Crippen LogP contribution in [0, 0.1) is 5.41 Å². The van der Waals surface area contributed by atoms with Crippen molar-refractivity contribution < 1.29 is 5.11 Å². The van der Waals surface area contributed by atoms with Crippen LogP contribution in [0.25, 0.3) is 0 Å². The van der Waals surface area contributed by atoms with Crippen LogP contribution in [-0.2, 0) is 0 Å². The first-order chi connectivity index (χ1) is 7.00. The van der Waals surface area contributed by atoms with Crippen molar-refractivity contribution in [3.8, 4) is 0 Å². The number of aliphatic hydroxyl groups excluding tert-OH is 1. The number of aromatic nitrogens is 1. The number of rotatable bonds is 2. The highest BCUT2D eigenvalue weighted by atomic mass is 16.3. The SMILES string of the molecule is CC1(C)C(O)CC1Nc1cc(N)ccn1. The smallest absolute Gasteiger partial charge is 0.128 e. The Morgan fingerprint density at radius 1 is 1.60 bits per heavy atom. The number of anilines is 2. The zero-order valence-corrected chi connectivity index (χ0v) is 9.07. The van der Waals surface area contributed by atoms with Crippen molar-refractivity contribution in [3.63, 3.8) is 0 Å². The van der Waals surface area contributed by atoms with Crippen LogP contribution in [0.15, 0.2) is 18.3 Å². The zero-order chi connectivity index (χ0) is 11.1. The predicted octanol–water partition coefficient (Wildman–Crippen LogP) is 1.24. The highest BCUT2D eigenvalue weighted by Crippen LogP contribution is 2.41. The third-order valence-corrected chi connectivity index (χ3v) is 3.32. The molecule has 1 saturated carbocycles. The van der Waals surface area contributed by atoms with E-state index in [4.69, 9.17) is 5.73 Å². The van der Waals surface area contributed by atoms with E-state index < -0.39 is 0 Å². The molecular weight excluding hydrogens is 190 g/mol. The summed E-state index contributed by atoms with van der Waals surface area (Å²) in [5, 5.41) is 12.9. The van der Waals surface area contributed by atoms with Crippen LogP contribution >= 0.6 is 0 Å². The molecule has 1 heterocycles. The maximum Gasteiger partial charge on any atom is 0.128 e. The van der Waals surface area contributed by atoms with Gasteiger partial charge >= 0.3 is 0 Å². The van der Waals surface area contributed by atoms with Gasteiger partial charge in [0.2, 0.25) is 0 Å². The lowest BCUT2D eigenvalue weighted by molar-refractivity contribution is -0.0511. The molecular formula is C11H17N3O. The molecule has 1 aliphatic carbocycles. The highest BCUT2D eigenvalue weighted by Gasteiger charge is 2.47. The molecule has 2 atom stereocenters. The molecule has 4 nitrogen and oxygen atoms in total. The lowest BCUT2D eigenvalue weighted by Gasteiger charge is -2.49. The van der Waals surface area contributed by atoms with Gasteiger partial charge in [-0.15, -0.1) is 0 Å². The second-order valence-electron chi connectivity index (χ2n) is 4.74. The molecule has 0 amide bonds. The van der Waals surface area contributed by atoms with Crippen LogP contribution in [0.2, 0.25) is 0 Å². The molecule has 0 bridgehead atoms. The molecule has 0 aromatic carbocycles. The number of nitrogens with zero attached hydrogens (tertiary/aromatic N) is 1. The molecule has 15 heavy (non-hydrogen) atoms. The monoisotopic (exact) mass is 207 g/mol. The Balaban J connectivity index is 2.05. The summed E-state index contributed by atoms with van der Waals surface area (Å²) in [4.78, 5) is 4.18.